The van der Waals surface area contributed by atoms with Gasteiger partial charge < -0.3 is 9.80 Å². The van der Waals surface area contributed by atoms with Crippen molar-refractivity contribution in [1.29, 1.82) is 0 Å². The Morgan fingerprint density at radius 2 is 1.88 bits per heavy atom. The van der Waals surface area contributed by atoms with Crippen LogP contribution in [0.3, 0.4) is 0 Å². The maximum Gasteiger partial charge on any atom is 0.333 e. The summed E-state index contributed by atoms with van der Waals surface area (Å²) in [4.78, 5) is 20.8. The van der Waals surface area contributed by atoms with E-state index in [4.69, 9.17) is 0 Å². The van der Waals surface area contributed by atoms with Gasteiger partial charge in [0.25, 0.3) is 5.91 Å². The van der Waals surface area contributed by atoms with Gasteiger partial charge in [-0.1, -0.05) is 23.5 Å². The maximum atomic E-state index is 12.9. The molecule has 130 valence electrons. The zero-order valence-corrected chi connectivity index (χ0v) is 14.0. The summed E-state index contributed by atoms with van der Waals surface area (Å²) in [5.74, 6) is -0.415. The van der Waals surface area contributed by atoms with Crippen LogP contribution in [0.4, 0.5) is 13.9 Å². The molecular formula is C16H15F2N5OS. The molecule has 0 saturated carbocycles. The highest BCUT2D eigenvalue weighted by Crippen LogP contribution is 2.29. The SMILES string of the molecule is O=C(c1ccnn1C(F)F)N1CCN(c2nc3ccccc3s2)CC1. The van der Waals surface area contributed by atoms with E-state index in [9.17, 15) is 13.6 Å². The predicted molar refractivity (Wildman–Crippen MR) is 91.2 cm³/mol. The van der Waals surface area contributed by atoms with E-state index in [-0.39, 0.29) is 5.69 Å². The van der Waals surface area contributed by atoms with Crippen LogP contribution in [0.25, 0.3) is 10.2 Å². The molecule has 0 bridgehead atoms. The molecular weight excluding hydrogens is 348 g/mol. The topological polar surface area (TPSA) is 54.3 Å². The molecule has 1 fully saturated rings. The molecule has 1 aromatic carbocycles. The second-order valence-corrected chi connectivity index (χ2v) is 6.69. The minimum absolute atomic E-state index is 0.0802. The van der Waals surface area contributed by atoms with Gasteiger partial charge in [0, 0.05) is 32.4 Å². The zero-order chi connectivity index (χ0) is 17.4. The van der Waals surface area contributed by atoms with Crippen LogP contribution in [0.5, 0.6) is 0 Å². The number of hydrogen-bond donors (Lipinski definition) is 0. The minimum atomic E-state index is -2.82. The van der Waals surface area contributed by atoms with Gasteiger partial charge in [0.1, 0.15) is 5.69 Å². The molecule has 0 radical (unpaired) electrons. The quantitative estimate of drug-likeness (QED) is 0.718. The van der Waals surface area contributed by atoms with Crippen LogP contribution >= 0.6 is 11.3 Å². The molecule has 25 heavy (non-hydrogen) atoms. The number of amides is 1. The molecule has 0 unspecified atom stereocenters. The number of carbonyl (C=O) groups excluding carboxylic acids is 1. The lowest BCUT2D eigenvalue weighted by Crippen LogP contribution is -2.49. The minimum Gasteiger partial charge on any atom is -0.345 e. The van der Waals surface area contributed by atoms with Crippen molar-refractivity contribution in [2.45, 2.75) is 6.55 Å². The normalized spacial score (nSPS) is 15.3. The van der Waals surface area contributed by atoms with Crippen molar-refractivity contribution in [3.05, 3.63) is 42.2 Å². The fourth-order valence-corrected chi connectivity index (χ4v) is 3.91. The number of rotatable bonds is 3. The number of benzene rings is 1. The number of para-hydroxylation sites is 1. The van der Waals surface area contributed by atoms with Crippen molar-refractivity contribution in [3.8, 4) is 0 Å². The lowest BCUT2D eigenvalue weighted by molar-refractivity contribution is 0.0461. The molecule has 6 nitrogen and oxygen atoms in total. The lowest BCUT2D eigenvalue weighted by Gasteiger charge is -2.34. The number of piperazine rings is 1. The number of hydrogen-bond acceptors (Lipinski definition) is 5. The first kappa shape index (κ1) is 15.9. The van der Waals surface area contributed by atoms with Crippen LogP contribution in [0.2, 0.25) is 0 Å². The van der Waals surface area contributed by atoms with Crippen molar-refractivity contribution >= 4 is 32.6 Å². The van der Waals surface area contributed by atoms with Gasteiger partial charge in [0.2, 0.25) is 0 Å². The smallest absolute Gasteiger partial charge is 0.333 e. The van der Waals surface area contributed by atoms with Gasteiger partial charge in [-0.15, -0.1) is 0 Å². The molecule has 0 spiro atoms. The average molecular weight is 363 g/mol. The van der Waals surface area contributed by atoms with E-state index in [1.807, 2.05) is 24.3 Å². The summed E-state index contributed by atoms with van der Waals surface area (Å²) < 4.78 is 27.4. The van der Waals surface area contributed by atoms with Gasteiger partial charge in [0.15, 0.2) is 5.13 Å². The largest absolute Gasteiger partial charge is 0.345 e. The van der Waals surface area contributed by atoms with Crippen molar-refractivity contribution in [2.24, 2.45) is 0 Å². The third kappa shape index (κ3) is 2.95. The first-order valence-electron chi connectivity index (χ1n) is 7.85. The number of carbonyl (C=O) groups is 1. The Kier molecular flexibility index (Phi) is 4.08. The third-order valence-corrected chi connectivity index (χ3v) is 5.29. The van der Waals surface area contributed by atoms with Gasteiger partial charge in [-0.3, -0.25) is 4.79 Å². The molecule has 0 N–H and O–H groups in total. The molecule has 0 atom stereocenters. The van der Waals surface area contributed by atoms with Gasteiger partial charge in [-0.2, -0.15) is 18.6 Å². The summed E-state index contributed by atoms with van der Waals surface area (Å²) in [5.41, 5.74) is 0.880. The highest BCUT2D eigenvalue weighted by Gasteiger charge is 2.27. The Morgan fingerprint density at radius 3 is 2.60 bits per heavy atom. The second kappa shape index (κ2) is 6.40. The Morgan fingerprint density at radius 1 is 1.12 bits per heavy atom. The predicted octanol–water partition coefficient (Wildman–Crippen LogP) is 2.85. The van der Waals surface area contributed by atoms with Crippen molar-refractivity contribution in [2.75, 3.05) is 31.1 Å². The molecule has 9 heteroatoms. The van der Waals surface area contributed by atoms with Crippen LogP contribution in [0.1, 0.15) is 17.0 Å². The number of anilines is 1. The van der Waals surface area contributed by atoms with E-state index < -0.39 is 12.5 Å². The van der Waals surface area contributed by atoms with Crippen LogP contribution in [-0.4, -0.2) is 51.8 Å². The van der Waals surface area contributed by atoms with Crippen molar-refractivity contribution < 1.29 is 13.6 Å². The fraction of sp³-hybridized carbons (Fsp3) is 0.312. The van der Waals surface area contributed by atoms with Gasteiger partial charge in [-0.25, -0.2) is 4.98 Å². The maximum absolute atomic E-state index is 12.9. The van der Waals surface area contributed by atoms with Gasteiger partial charge >= 0.3 is 6.55 Å². The molecule has 1 amide bonds. The van der Waals surface area contributed by atoms with Crippen LogP contribution in [-0.2, 0) is 0 Å². The number of fused-ring (bicyclic) bond motifs is 1. The van der Waals surface area contributed by atoms with E-state index in [0.29, 0.717) is 30.9 Å². The standard InChI is InChI=1S/C16H15F2N5OS/c17-15(18)23-12(5-6-19-23)14(24)21-7-9-22(10-8-21)16-20-11-3-1-2-4-13(11)25-16/h1-6,15H,7-10H2. The van der Waals surface area contributed by atoms with Gasteiger partial charge in [0.05, 0.1) is 10.2 Å². The fourth-order valence-electron chi connectivity index (χ4n) is 2.90. The summed E-state index contributed by atoms with van der Waals surface area (Å²) in [6.07, 6.45) is 1.22. The molecule has 0 aliphatic carbocycles. The van der Waals surface area contributed by atoms with Crippen LogP contribution in [0.15, 0.2) is 36.5 Å². The number of nitrogens with zero attached hydrogens (tertiary/aromatic N) is 5. The molecule has 1 aliphatic rings. The average Bonchev–Trinajstić information content (AvgIpc) is 3.28. The number of thiazole rings is 1. The lowest BCUT2D eigenvalue weighted by atomic mass is 10.3. The number of halogens is 2. The number of alkyl halides is 2. The summed E-state index contributed by atoms with van der Waals surface area (Å²) in [5, 5.41) is 4.44. The van der Waals surface area contributed by atoms with E-state index in [0.717, 1.165) is 15.3 Å². The molecule has 3 aromatic rings. The Balaban J connectivity index is 1.46. The van der Waals surface area contributed by atoms with Gasteiger partial charge in [-0.05, 0) is 18.2 Å². The molecule has 1 saturated heterocycles. The van der Waals surface area contributed by atoms with Crippen LogP contribution in [0, 0.1) is 0 Å². The van der Waals surface area contributed by atoms with Crippen molar-refractivity contribution in [3.63, 3.8) is 0 Å². The summed E-state index contributed by atoms with van der Waals surface area (Å²) in [6.45, 7) is -0.659. The van der Waals surface area contributed by atoms with E-state index in [2.05, 4.69) is 15.0 Å². The summed E-state index contributed by atoms with van der Waals surface area (Å²) in [6, 6.07) is 9.26. The molecule has 3 heterocycles. The summed E-state index contributed by atoms with van der Waals surface area (Å²) in [7, 11) is 0. The highest BCUT2D eigenvalue weighted by molar-refractivity contribution is 7.22. The molecule has 2 aromatic heterocycles. The highest BCUT2D eigenvalue weighted by atomic mass is 32.1. The Bertz CT molecular complexity index is 868. The first-order chi connectivity index (χ1) is 12.1. The summed E-state index contributed by atoms with van der Waals surface area (Å²) >= 11 is 1.62. The molecule has 1 aliphatic heterocycles. The first-order valence-corrected chi connectivity index (χ1v) is 8.66. The third-order valence-electron chi connectivity index (χ3n) is 4.19. The number of aromatic nitrogens is 3. The monoisotopic (exact) mass is 363 g/mol. The zero-order valence-electron chi connectivity index (χ0n) is 13.2. The van der Waals surface area contributed by atoms with E-state index in [1.54, 1.807) is 16.2 Å². The van der Waals surface area contributed by atoms with E-state index >= 15 is 0 Å². The van der Waals surface area contributed by atoms with Crippen LogP contribution < -0.4 is 4.90 Å². The Hall–Kier alpha value is -2.55. The second-order valence-electron chi connectivity index (χ2n) is 5.68. The van der Waals surface area contributed by atoms with Crippen molar-refractivity contribution in [1.82, 2.24) is 19.7 Å². The molecule has 4 rings (SSSR count). The van der Waals surface area contributed by atoms with E-state index in [1.165, 1.54) is 12.3 Å². The Labute approximate surface area is 146 Å².